The first kappa shape index (κ1) is 17.3. The third-order valence-electron chi connectivity index (χ3n) is 4.72. The second-order valence-corrected chi connectivity index (χ2v) is 6.99. The maximum atomic E-state index is 9.42. The predicted octanol–water partition coefficient (Wildman–Crippen LogP) is 6.19. The van der Waals surface area contributed by atoms with Crippen molar-refractivity contribution in [1.82, 2.24) is 0 Å². The van der Waals surface area contributed by atoms with Gasteiger partial charge < -0.3 is 9.84 Å². The first-order valence-corrected chi connectivity index (χ1v) is 9.06. The highest BCUT2D eigenvalue weighted by Crippen LogP contribution is 2.33. The molecule has 0 aliphatic heterocycles. The summed E-state index contributed by atoms with van der Waals surface area (Å²) in [5.41, 5.74) is 2.08. The van der Waals surface area contributed by atoms with Gasteiger partial charge in [0.25, 0.3) is 0 Å². The minimum atomic E-state index is -0.0852. The second kappa shape index (κ2) is 8.06. The Morgan fingerprint density at radius 1 is 0.920 bits per heavy atom. The summed E-state index contributed by atoms with van der Waals surface area (Å²) >= 11 is 0. The third kappa shape index (κ3) is 5.25. The Hall–Kier alpha value is -2.48. The number of allylic oxidation sites excluding steroid dienone is 1. The Balaban J connectivity index is 1.83. The van der Waals surface area contributed by atoms with Crippen LogP contribution in [0.3, 0.4) is 0 Å². The molecule has 2 heteroatoms. The van der Waals surface area contributed by atoms with Crippen molar-refractivity contribution in [1.29, 1.82) is 0 Å². The van der Waals surface area contributed by atoms with E-state index in [0.29, 0.717) is 0 Å². The zero-order valence-electron chi connectivity index (χ0n) is 14.8. The monoisotopic (exact) mass is 334 g/mol. The Morgan fingerprint density at radius 2 is 1.60 bits per heavy atom. The summed E-state index contributed by atoms with van der Waals surface area (Å²) in [6.45, 7) is 2.22. The van der Waals surface area contributed by atoms with E-state index in [0.717, 1.165) is 29.7 Å². The molecule has 1 saturated carbocycles. The van der Waals surface area contributed by atoms with Gasteiger partial charge in [-0.05, 0) is 68.0 Å². The van der Waals surface area contributed by atoms with Crippen LogP contribution in [0.15, 0.2) is 66.4 Å². The van der Waals surface area contributed by atoms with E-state index in [-0.39, 0.29) is 11.4 Å². The van der Waals surface area contributed by atoms with Gasteiger partial charge in [0.05, 0.1) is 0 Å². The van der Waals surface area contributed by atoms with E-state index < -0.39 is 0 Å². The molecule has 0 atom stereocenters. The van der Waals surface area contributed by atoms with Crippen LogP contribution in [-0.4, -0.2) is 10.7 Å². The van der Waals surface area contributed by atoms with E-state index >= 15 is 0 Å². The van der Waals surface area contributed by atoms with E-state index in [4.69, 9.17) is 4.74 Å². The quantitative estimate of drug-likeness (QED) is 0.522. The number of benzene rings is 2. The Bertz CT molecular complexity index is 720. The van der Waals surface area contributed by atoms with Crippen molar-refractivity contribution in [2.75, 3.05) is 0 Å². The third-order valence-corrected chi connectivity index (χ3v) is 4.72. The first-order valence-electron chi connectivity index (χ1n) is 9.06. The molecule has 0 spiro atoms. The Morgan fingerprint density at radius 3 is 2.28 bits per heavy atom. The van der Waals surface area contributed by atoms with E-state index in [1.54, 1.807) is 12.1 Å². The van der Waals surface area contributed by atoms with Crippen molar-refractivity contribution >= 4 is 12.2 Å². The van der Waals surface area contributed by atoms with Crippen molar-refractivity contribution in [3.63, 3.8) is 0 Å². The lowest BCUT2D eigenvalue weighted by molar-refractivity contribution is -0.00524. The van der Waals surface area contributed by atoms with E-state index in [9.17, 15) is 5.11 Å². The van der Waals surface area contributed by atoms with Crippen LogP contribution in [-0.2, 0) is 4.74 Å². The van der Waals surface area contributed by atoms with Gasteiger partial charge in [0.2, 0.25) is 0 Å². The average molecular weight is 334 g/mol. The molecule has 2 nitrogen and oxygen atoms in total. The molecule has 1 N–H and O–H groups in total. The van der Waals surface area contributed by atoms with E-state index in [1.165, 1.54) is 19.3 Å². The van der Waals surface area contributed by atoms with E-state index in [1.807, 2.05) is 42.5 Å². The van der Waals surface area contributed by atoms with Gasteiger partial charge in [-0.15, -0.1) is 0 Å². The standard InChI is InChI=1S/C23H26O2/c1-23(16-6-3-7-17-23)25-22(18-20-8-4-2-5-9-20)15-12-19-10-13-21(24)14-11-19/h2,4-5,8-15,18,24H,3,6-7,16-17H2,1H3. The maximum Gasteiger partial charge on any atom is 0.120 e. The predicted molar refractivity (Wildman–Crippen MR) is 104 cm³/mol. The molecule has 2 aromatic carbocycles. The summed E-state index contributed by atoms with van der Waals surface area (Å²) in [4.78, 5) is 0. The Kier molecular flexibility index (Phi) is 5.60. The fourth-order valence-electron chi connectivity index (χ4n) is 3.28. The van der Waals surface area contributed by atoms with Crippen molar-refractivity contribution in [2.24, 2.45) is 0 Å². The number of aromatic hydroxyl groups is 1. The van der Waals surface area contributed by atoms with Gasteiger partial charge >= 0.3 is 0 Å². The molecule has 0 radical (unpaired) electrons. The average Bonchev–Trinajstić information content (AvgIpc) is 2.62. The van der Waals surface area contributed by atoms with Crippen LogP contribution < -0.4 is 0 Å². The highest BCUT2D eigenvalue weighted by molar-refractivity contribution is 5.60. The lowest BCUT2D eigenvalue weighted by Gasteiger charge is -2.34. The van der Waals surface area contributed by atoms with E-state index in [2.05, 4.69) is 25.1 Å². The number of hydrogen-bond acceptors (Lipinski definition) is 2. The SMILES string of the molecule is CC1(OC(C=Cc2ccc(O)cc2)=Cc2ccccc2)CCCCC1. The maximum absolute atomic E-state index is 9.42. The molecular weight excluding hydrogens is 308 g/mol. The molecule has 1 fully saturated rings. The lowest BCUT2D eigenvalue weighted by atomic mass is 9.86. The van der Waals surface area contributed by atoms with Gasteiger partial charge in [-0.25, -0.2) is 0 Å². The second-order valence-electron chi connectivity index (χ2n) is 6.99. The summed E-state index contributed by atoms with van der Waals surface area (Å²) in [5, 5.41) is 9.42. The van der Waals surface area contributed by atoms with Crippen LogP contribution in [0.25, 0.3) is 12.2 Å². The van der Waals surface area contributed by atoms with Crippen LogP contribution in [0, 0.1) is 0 Å². The van der Waals surface area contributed by atoms with Gasteiger partial charge in [0.15, 0.2) is 0 Å². The molecule has 1 aliphatic carbocycles. The van der Waals surface area contributed by atoms with Gasteiger partial charge in [-0.3, -0.25) is 0 Å². The normalized spacial score (nSPS) is 17.6. The minimum Gasteiger partial charge on any atom is -0.508 e. The zero-order valence-corrected chi connectivity index (χ0v) is 14.8. The number of phenolic OH excluding ortho intramolecular Hbond substituents is 1. The molecule has 0 aromatic heterocycles. The summed E-state index contributed by atoms with van der Waals surface area (Å²) in [6, 6.07) is 17.5. The molecule has 0 saturated heterocycles. The number of phenols is 1. The summed E-state index contributed by atoms with van der Waals surface area (Å²) < 4.78 is 6.45. The molecule has 1 aliphatic rings. The van der Waals surface area contributed by atoms with Gasteiger partial charge in [0, 0.05) is 0 Å². The van der Waals surface area contributed by atoms with Gasteiger partial charge in [0.1, 0.15) is 17.1 Å². The highest BCUT2D eigenvalue weighted by atomic mass is 16.5. The first-order chi connectivity index (χ1) is 12.1. The molecule has 130 valence electrons. The van der Waals surface area contributed by atoms with Crippen molar-refractivity contribution in [3.8, 4) is 5.75 Å². The largest absolute Gasteiger partial charge is 0.508 e. The number of rotatable bonds is 5. The summed E-state index contributed by atoms with van der Waals surface area (Å²) in [7, 11) is 0. The zero-order chi connectivity index (χ0) is 17.5. The topological polar surface area (TPSA) is 29.5 Å². The summed E-state index contributed by atoms with van der Waals surface area (Å²) in [6.07, 6.45) is 12.1. The fraction of sp³-hybridized carbons (Fsp3) is 0.304. The number of ether oxygens (including phenoxy) is 1. The summed E-state index contributed by atoms with van der Waals surface area (Å²) in [5.74, 6) is 1.16. The number of hydrogen-bond donors (Lipinski definition) is 1. The lowest BCUT2D eigenvalue weighted by Crippen LogP contribution is -2.30. The van der Waals surface area contributed by atoms with Crippen LogP contribution in [0.5, 0.6) is 5.75 Å². The van der Waals surface area contributed by atoms with Crippen LogP contribution in [0.1, 0.15) is 50.2 Å². The van der Waals surface area contributed by atoms with Crippen molar-refractivity contribution in [2.45, 2.75) is 44.6 Å². The fourth-order valence-corrected chi connectivity index (χ4v) is 3.28. The van der Waals surface area contributed by atoms with Gasteiger partial charge in [-0.2, -0.15) is 0 Å². The molecule has 0 bridgehead atoms. The molecule has 0 heterocycles. The van der Waals surface area contributed by atoms with Crippen molar-refractivity contribution in [3.05, 3.63) is 77.6 Å². The smallest absolute Gasteiger partial charge is 0.120 e. The molecule has 3 rings (SSSR count). The van der Waals surface area contributed by atoms with Gasteiger partial charge in [-0.1, -0.05) is 55.0 Å². The molecule has 25 heavy (non-hydrogen) atoms. The molecule has 0 unspecified atom stereocenters. The Labute approximate surface area is 150 Å². The highest BCUT2D eigenvalue weighted by Gasteiger charge is 2.28. The van der Waals surface area contributed by atoms with Crippen LogP contribution >= 0.6 is 0 Å². The molecular formula is C23H26O2. The van der Waals surface area contributed by atoms with Crippen LogP contribution in [0.4, 0.5) is 0 Å². The molecule has 2 aromatic rings. The minimum absolute atomic E-state index is 0.0852. The molecule has 0 amide bonds. The van der Waals surface area contributed by atoms with Crippen LogP contribution in [0.2, 0.25) is 0 Å². The van der Waals surface area contributed by atoms with Crippen molar-refractivity contribution < 1.29 is 9.84 Å².